The van der Waals surface area contributed by atoms with E-state index >= 15 is 0 Å². The summed E-state index contributed by atoms with van der Waals surface area (Å²) < 4.78 is 12.2. The van der Waals surface area contributed by atoms with Crippen LogP contribution in [0.15, 0.2) is 41.6 Å². The number of unbranched alkanes of at least 4 members (excludes halogenated alkanes) is 1. The Bertz CT molecular complexity index is 533. The Morgan fingerprint density at radius 3 is 2.38 bits per heavy atom. The van der Waals surface area contributed by atoms with E-state index in [4.69, 9.17) is 9.47 Å². The zero-order valence-electron chi connectivity index (χ0n) is 17.3. The van der Waals surface area contributed by atoms with Crippen LogP contribution in [0.4, 0.5) is 0 Å². The molecule has 0 aromatic heterocycles. The van der Waals surface area contributed by atoms with E-state index in [-0.39, 0.29) is 0 Å². The first-order valence-electron chi connectivity index (χ1n) is 10.4. The highest BCUT2D eigenvalue weighted by atomic mass is 28.3. The van der Waals surface area contributed by atoms with Gasteiger partial charge in [0.15, 0.2) is 0 Å². The van der Waals surface area contributed by atoms with Crippen molar-refractivity contribution in [2.45, 2.75) is 90.3 Å². The Labute approximate surface area is 162 Å². The van der Waals surface area contributed by atoms with Gasteiger partial charge in [-0.2, -0.15) is 0 Å². The molecule has 0 radical (unpaired) electrons. The Morgan fingerprint density at radius 2 is 1.73 bits per heavy atom. The predicted octanol–water partition coefficient (Wildman–Crippen LogP) is 6.53. The third-order valence-corrected chi connectivity index (χ3v) is 6.06. The topological polar surface area (TPSA) is 18.5 Å². The average molecular weight is 375 g/mol. The van der Waals surface area contributed by atoms with Crippen LogP contribution in [0, 0.1) is 0 Å². The molecule has 0 saturated carbocycles. The summed E-state index contributed by atoms with van der Waals surface area (Å²) >= 11 is 0. The summed E-state index contributed by atoms with van der Waals surface area (Å²) in [6.45, 7) is 11.1. The van der Waals surface area contributed by atoms with Crippen LogP contribution in [0.3, 0.4) is 0 Å². The second-order valence-corrected chi connectivity index (χ2v) is 13.8. The van der Waals surface area contributed by atoms with E-state index in [2.05, 4.69) is 56.5 Å². The van der Waals surface area contributed by atoms with Gasteiger partial charge in [0.2, 0.25) is 0 Å². The first kappa shape index (κ1) is 21.4. The molecule has 3 heteroatoms. The third-order valence-electron chi connectivity index (χ3n) is 4.79. The lowest BCUT2D eigenvalue weighted by atomic mass is 9.94. The monoisotopic (exact) mass is 374 g/mol. The molecule has 26 heavy (non-hydrogen) atoms. The summed E-state index contributed by atoms with van der Waals surface area (Å²) in [5.74, 6) is 0. The fraction of sp³-hybridized carbons (Fsp3) is 0.652. The Hall–Kier alpha value is -0.903. The third kappa shape index (κ3) is 8.66. The van der Waals surface area contributed by atoms with Crippen LogP contribution >= 0.6 is 0 Å². The van der Waals surface area contributed by atoms with Gasteiger partial charge in [0.25, 0.3) is 0 Å². The molecule has 0 aliphatic carbocycles. The van der Waals surface area contributed by atoms with E-state index in [1.165, 1.54) is 24.8 Å². The molecule has 0 unspecified atom stereocenters. The van der Waals surface area contributed by atoms with Crippen LogP contribution < -0.4 is 0 Å². The Kier molecular flexibility index (Phi) is 9.10. The van der Waals surface area contributed by atoms with Crippen LogP contribution in [0.5, 0.6) is 0 Å². The van der Waals surface area contributed by atoms with Crippen LogP contribution in [-0.4, -0.2) is 26.9 Å². The smallest absolute Gasteiger partial charge is 0.0716 e. The van der Waals surface area contributed by atoms with E-state index in [9.17, 15) is 0 Å². The maximum Gasteiger partial charge on any atom is 0.0716 e. The minimum atomic E-state index is -1.15. The van der Waals surface area contributed by atoms with Gasteiger partial charge in [-0.1, -0.05) is 74.6 Å². The molecule has 0 spiro atoms. The van der Waals surface area contributed by atoms with Gasteiger partial charge in [0.05, 0.1) is 26.9 Å². The van der Waals surface area contributed by atoms with Crippen molar-refractivity contribution in [3.05, 3.63) is 47.2 Å². The second kappa shape index (κ2) is 11.1. The molecule has 1 saturated heterocycles. The largest absolute Gasteiger partial charge is 0.377 e. The highest BCUT2D eigenvalue weighted by Crippen LogP contribution is 2.30. The highest BCUT2D eigenvalue weighted by Gasteiger charge is 2.26. The SMILES string of the molecule is CCC[C@@H]1C/C(=C/[Si](C)(C)C)C[C@H](CCCCOCc2ccccc2)O1. The van der Waals surface area contributed by atoms with Crippen molar-refractivity contribution >= 4 is 8.07 Å². The molecule has 2 rings (SSSR count). The molecule has 1 aliphatic rings. The van der Waals surface area contributed by atoms with E-state index in [1.807, 2.05) is 6.07 Å². The van der Waals surface area contributed by atoms with Gasteiger partial charge >= 0.3 is 0 Å². The molecule has 1 heterocycles. The number of hydrogen-bond donors (Lipinski definition) is 0. The van der Waals surface area contributed by atoms with E-state index < -0.39 is 8.07 Å². The fourth-order valence-corrected chi connectivity index (χ4v) is 5.23. The summed E-state index contributed by atoms with van der Waals surface area (Å²) in [6.07, 6.45) is 9.05. The first-order valence-corrected chi connectivity index (χ1v) is 14.0. The molecule has 0 amide bonds. The van der Waals surface area contributed by atoms with Gasteiger partial charge in [0.1, 0.15) is 0 Å². The predicted molar refractivity (Wildman–Crippen MR) is 114 cm³/mol. The van der Waals surface area contributed by atoms with Crippen LogP contribution in [0.2, 0.25) is 19.6 Å². The molecular weight excluding hydrogens is 336 g/mol. The summed E-state index contributed by atoms with van der Waals surface area (Å²) in [5, 5.41) is 0. The molecular formula is C23H38O2Si. The summed E-state index contributed by atoms with van der Waals surface area (Å²) in [5.41, 5.74) is 5.54. The van der Waals surface area contributed by atoms with Gasteiger partial charge in [-0.05, 0) is 44.1 Å². The van der Waals surface area contributed by atoms with Gasteiger partial charge in [0, 0.05) is 6.61 Å². The summed E-state index contributed by atoms with van der Waals surface area (Å²) in [4.78, 5) is 0. The van der Waals surface area contributed by atoms with E-state index in [0.717, 1.165) is 38.9 Å². The minimum absolute atomic E-state index is 0.414. The zero-order chi connectivity index (χ0) is 18.8. The first-order chi connectivity index (χ1) is 12.5. The van der Waals surface area contributed by atoms with Crippen molar-refractivity contribution in [3.63, 3.8) is 0 Å². The fourth-order valence-electron chi connectivity index (χ4n) is 3.77. The second-order valence-electron chi connectivity index (χ2n) is 8.78. The van der Waals surface area contributed by atoms with Crippen molar-refractivity contribution < 1.29 is 9.47 Å². The molecule has 1 aromatic rings. The maximum atomic E-state index is 6.38. The Balaban J connectivity index is 1.70. The molecule has 0 bridgehead atoms. The van der Waals surface area contributed by atoms with E-state index in [1.54, 1.807) is 5.57 Å². The summed E-state index contributed by atoms with van der Waals surface area (Å²) in [6, 6.07) is 10.4. The van der Waals surface area contributed by atoms with Crippen molar-refractivity contribution in [3.8, 4) is 0 Å². The lowest BCUT2D eigenvalue weighted by Crippen LogP contribution is -2.30. The van der Waals surface area contributed by atoms with Crippen LogP contribution in [0.25, 0.3) is 0 Å². The quantitative estimate of drug-likeness (QED) is 0.342. The van der Waals surface area contributed by atoms with Crippen molar-refractivity contribution in [2.75, 3.05) is 6.61 Å². The summed E-state index contributed by atoms with van der Waals surface area (Å²) in [7, 11) is -1.15. The Morgan fingerprint density at radius 1 is 1.04 bits per heavy atom. The average Bonchev–Trinajstić information content (AvgIpc) is 2.57. The van der Waals surface area contributed by atoms with Crippen molar-refractivity contribution in [2.24, 2.45) is 0 Å². The number of hydrogen-bond acceptors (Lipinski definition) is 2. The molecule has 1 aliphatic heterocycles. The molecule has 2 nitrogen and oxygen atoms in total. The van der Waals surface area contributed by atoms with Crippen LogP contribution in [-0.2, 0) is 16.1 Å². The van der Waals surface area contributed by atoms with Crippen molar-refractivity contribution in [1.82, 2.24) is 0 Å². The molecule has 146 valence electrons. The molecule has 2 atom stereocenters. The minimum Gasteiger partial charge on any atom is -0.377 e. The lowest BCUT2D eigenvalue weighted by molar-refractivity contribution is -0.0401. The van der Waals surface area contributed by atoms with Crippen molar-refractivity contribution in [1.29, 1.82) is 0 Å². The number of ether oxygens (including phenoxy) is 2. The van der Waals surface area contributed by atoms with Gasteiger partial charge in [-0.3, -0.25) is 0 Å². The van der Waals surface area contributed by atoms with Gasteiger partial charge in [-0.25, -0.2) is 0 Å². The van der Waals surface area contributed by atoms with E-state index in [0.29, 0.717) is 12.2 Å². The highest BCUT2D eigenvalue weighted by molar-refractivity contribution is 6.81. The van der Waals surface area contributed by atoms with Gasteiger partial charge in [-0.15, -0.1) is 0 Å². The van der Waals surface area contributed by atoms with Gasteiger partial charge < -0.3 is 9.47 Å². The maximum absolute atomic E-state index is 6.38. The van der Waals surface area contributed by atoms with Crippen LogP contribution in [0.1, 0.15) is 57.4 Å². The zero-order valence-corrected chi connectivity index (χ0v) is 18.3. The number of rotatable bonds is 10. The number of benzene rings is 1. The molecule has 0 N–H and O–H groups in total. The molecule has 1 fully saturated rings. The molecule has 1 aromatic carbocycles. The normalized spacial score (nSPS) is 22.7. The standard InChI is InChI=1S/C23H38O2Si/c1-5-11-22-16-21(19-26(2,3)4)17-23(25-22)14-9-10-15-24-18-20-12-7-6-8-13-20/h6-8,12-13,19,22-23H,5,9-11,14-18H2,1-4H3/b21-19-/t22-,23+/m1/s1. The lowest BCUT2D eigenvalue weighted by Gasteiger charge is -2.33.